The first-order valence-electron chi connectivity index (χ1n) is 5.94. The van der Waals surface area contributed by atoms with Crippen LogP contribution in [0.3, 0.4) is 0 Å². The summed E-state index contributed by atoms with van der Waals surface area (Å²) in [6.45, 7) is 2.01. The first-order chi connectivity index (χ1) is 9.50. The summed E-state index contributed by atoms with van der Waals surface area (Å²) in [6, 6.07) is 6.14. The lowest BCUT2D eigenvalue weighted by molar-refractivity contribution is -0.385. The fourth-order valence-electron chi connectivity index (χ4n) is 1.44. The number of amides is 2. The average molecular weight is 277 g/mol. The van der Waals surface area contributed by atoms with Gasteiger partial charge in [0.05, 0.1) is 10.5 Å². The monoisotopic (exact) mass is 277 g/mol. The van der Waals surface area contributed by atoms with Crippen LogP contribution in [-0.4, -0.2) is 29.8 Å². The van der Waals surface area contributed by atoms with Gasteiger partial charge in [-0.25, -0.2) is 0 Å². The summed E-state index contributed by atoms with van der Waals surface area (Å²) in [5.74, 6) is -0.553. The Morgan fingerprint density at radius 2 is 1.90 bits per heavy atom. The van der Waals surface area contributed by atoms with Crippen LogP contribution >= 0.6 is 0 Å². The predicted molar refractivity (Wildman–Crippen MR) is 73.8 cm³/mol. The van der Waals surface area contributed by atoms with E-state index in [9.17, 15) is 19.7 Å². The summed E-state index contributed by atoms with van der Waals surface area (Å²) in [7, 11) is 0. The number of hydrogen-bond acceptors (Lipinski definition) is 4. The molecule has 106 valence electrons. The van der Waals surface area contributed by atoms with Crippen LogP contribution in [0.1, 0.15) is 12.5 Å². The minimum Gasteiger partial charge on any atom is -0.355 e. The highest BCUT2D eigenvalue weighted by atomic mass is 16.6. The molecule has 0 saturated heterocycles. The maximum Gasteiger partial charge on any atom is 0.276 e. The average Bonchev–Trinajstić information content (AvgIpc) is 2.41. The minimum absolute atomic E-state index is 0.0604. The molecule has 20 heavy (non-hydrogen) atoms. The highest BCUT2D eigenvalue weighted by Gasteiger charge is 2.09. The van der Waals surface area contributed by atoms with Crippen LogP contribution in [-0.2, 0) is 9.59 Å². The molecule has 0 radical (unpaired) electrons. The Morgan fingerprint density at radius 1 is 1.25 bits per heavy atom. The van der Waals surface area contributed by atoms with Gasteiger partial charge in [0.15, 0.2) is 0 Å². The number of nitrogens with one attached hydrogen (secondary N) is 2. The Morgan fingerprint density at radius 3 is 2.55 bits per heavy atom. The van der Waals surface area contributed by atoms with Crippen molar-refractivity contribution in [1.82, 2.24) is 10.6 Å². The molecule has 0 unspecified atom stereocenters. The molecule has 2 amide bonds. The zero-order chi connectivity index (χ0) is 15.0. The van der Waals surface area contributed by atoms with E-state index in [-0.39, 0.29) is 17.5 Å². The van der Waals surface area contributed by atoms with E-state index in [1.807, 2.05) is 0 Å². The molecule has 2 N–H and O–H groups in total. The maximum absolute atomic E-state index is 11.5. The van der Waals surface area contributed by atoms with Gasteiger partial charge >= 0.3 is 0 Å². The van der Waals surface area contributed by atoms with Crippen molar-refractivity contribution in [3.8, 4) is 0 Å². The third kappa shape index (κ3) is 5.30. The largest absolute Gasteiger partial charge is 0.355 e. The van der Waals surface area contributed by atoms with Gasteiger partial charge in [-0.15, -0.1) is 0 Å². The van der Waals surface area contributed by atoms with Gasteiger partial charge in [-0.05, 0) is 12.1 Å². The quantitative estimate of drug-likeness (QED) is 0.348. The van der Waals surface area contributed by atoms with Gasteiger partial charge < -0.3 is 10.6 Å². The lowest BCUT2D eigenvalue weighted by Crippen LogP contribution is -2.32. The van der Waals surface area contributed by atoms with Gasteiger partial charge in [0.25, 0.3) is 5.69 Å². The molecular formula is C13H15N3O4. The van der Waals surface area contributed by atoms with Crippen molar-refractivity contribution >= 4 is 23.6 Å². The zero-order valence-corrected chi connectivity index (χ0v) is 11.0. The van der Waals surface area contributed by atoms with Gasteiger partial charge in [-0.1, -0.05) is 12.1 Å². The molecule has 0 fully saturated rings. The molecule has 0 spiro atoms. The summed E-state index contributed by atoms with van der Waals surface area (Å²) in [5, 5.41) is 15.9. The topological polar surface area (TPSA) is 101 Å². The Balaban J connectivity index is 2.53. The van der Waals surface area contributed by atoms with Gasteiger partial charge in [0.2, 0.25) is 11.8 Å². The standard InChI is InChI=1S/C13H15N3O4/c1-10(17)14-8-9-15-13(18)7-6-11-4-2-3-5-12(11)16(19)20/h2-7H,8-9H2,1H3,(H,14,17)(H,15,18). The van der Waals surface area contributed by atoms with Crippen LogP contribution in [0, 0.1) is 10.1 Å². The van der Waals surface area contributed by atoms with E-state index in [0.717, 1.165) is 0 Å². The Kier molecular flexibility index (Phi) is 5.89. The van der Waals surface area contributed by atoms with Gasteiger partial charge in [-0.3, -0.25) is 19.7 Å². The normalized spacial score (nSPS) is 10.2. The molecule has 0 saturated carbocycles. The van der Waals surface area contributed by atoms with Crippen LogP contribution in [0.4, 0.5) is 5.69 Å². The Hall–Kier alpha value is -2.70. The summed E-state index contributed by atoms with van der Waals surface area (Å²) < 4.78 is 0. The number of rotatable bonds is 6. The smallest absolute Gasteiger partial charge is 0.276 e. The molecule has 7 nitrogen and oxygen atoms in total. The number of hydrogen-bond donors (Lipinski definition) is 2. The second-order valence-electron chi connectivity index (χ2n) is 3.92. The van der Waals surface area contributed by atoms with Crippen LogP contribution in [0.2, 0.25) is 0 Å². The second kappa shape index (κ2) is 7.67. The Labute approximate surface area is 115 Å². The molecule has 0 bridgehead atoms. The fourth-order valence-corrected chi connectivity index (χ4v) is 1.44. The summed E-state index contributed by atoms with van der Waals surface area (Å²) in [5.41, 5.74) is 0.296. The number of carbonyl (C=O) groups is 2. The third-order valence-corrected chi connectivity index (χ3v) is 2.35. The first kappa shape index (κ1) is 15.4. The third-order valence-electron chi connectivity index (χ3n) is 2.35. The van der Waals surface area contributed by atoms with Crippen molar-refractivity contribution in [3.63, 3.8) is 0 Å². The van der Waals surface area contributed by atoms with Crippen LogP contribution < -0.4 is 10.6 Å². The number of nitrogens with zero attached hydrogens (tertiary/aromatic N) is 1. The molecule has 0 aliphatic carbocycles. The molecule has 0 aliphatic rings. The van der Waals surface area contributed by atoms with E-state index in [1.165, 1.54) is 25.1 Å². The molecule has 1 rings (SSSR count). The highest BCUT2D eigenvalue weighted by molar-refractivity contribution is 5.92. The van der Waals surface area contributed by atoms with Gasteiger partial charge in [0.1, 0.15) is 0 Å². The van der Waals surface area contributed by atoms with Crippen molar-refractivity contribution in [2.45, 2.75) is 6.92 Å². The predicted octanol–water partition coefficient (Wildman–Crippen LogP) is 0.860. The van der Waals surface area contributed by atoms with Crippen LogP contribution in [0.25, 0.3) is 6.08 Å². The van der Waals surface area contributed by atoms with Gasteiger partial charge in [-0.2, -0.15) is 0 Å². The molecule has 0 atom stereocenters. The fraction of sp³-hybridized carbons (Fsp3) is 0.231. The highest BCUT2D eigenvalue weighted by Crippen LogP contribution is 2.18. The molecule has 1 aromatic rings. The maximum atomic E-state index is 11.5. The number of carbonyl (C=O) groups excluding carboxylic acids is 2. The molecule has 7 heteroatoms. The molecule has 1 aromatic carbocycles. The summed E-state index contributed by atoms with van der Waals surface area (Å²) in [4.78, 5) is 32.3. The summed E-state index contributed by atoms with van der Waals surface area (Å²) >= 11 is 0. The molecule has 0 aromatic heterocycles. The minimum atomic E-state index is -0.506. The number of benzene rings is 1. The summed E-state index contributed by atoms with van der Waals surface area (Å²) in [6.07, 6.45) is 2.60. The lowest BCUT2D eigenvalue weighted by Gasteiger charge is -2.02. The van der Waals surface area contributed by atoms with Crippen molar-refractivity contribution in [2.75, 3.05) is 13.1 Å². The number of nitro benzene ring substituents is 1. The lowest BCUT2D eigenvalue weighted by atomic mass is 10.1. The van der Waals surface area contributed by atoms with Gasteiger partial charge in [0, 0.05) is 32.2 Å². The molecule has 0 aliphatic heterocycles. The zero-order valence-electron chi connectivity index (χ0n) is 11.0. The molecular weight excluding hydrogens is 262 g/mol. The Bertz CT molecular complexity index is 540. The van der Waals surface area contributed by atoms with Crippen LogP contribution in [0.5, 0.6) is 0 Å². The molecule has 0 heterocycles. The first-order valence-corrected chi connectivity index (χ1v) is 5.94. The van der Waals surface area contributed by atoms with Crippen LogP contribution in [0.15, 0.2) is 30.3 Å². The van der Waals surface area contributed by atoms with E-state index in [2.05, 4.69) is 10.6 Å². The van der Waals surface area contributed by atoms with Crippen molar-refractivity contribution < 1.29 is 14.5 Å². The van der Waals surface area contributed by atoms with E-state index >= 15 is 0 Å². The van der Waals surface area contributed by atoms with E-state index in [4.69, 9.17) is 0 Å². The van der Waals surface area contributed by atoms with E-state index in [1.54, 1.807) is 18.2 Å². The van der Waals surface area contributed by atoms with Crippen molar-refractivity contribution in [3.05, 3.63) is 46.0 Å². The SMILES string of the molecule is CC(=O)NCCNC(=O)C=Cc1ccccc1[N+](=O)[O-]. The van der Waals surface area contributed by atoms with E-state index < -0.39 is 4.92 Å². The second-order valence-corrected chi connectivity index (χ2v) is 3.92. The van der Waals surface area contributed by atoms with Crippen molar-refractivity contribution in [1.29, 1.82) is 0 Å². The number of para-hydroxylation sites is 1. The van der Waals surface area contributed by atoms with E-state index in [0.29, 0.717) is 18.7 Å². The van der Waals surface area contributed by atoms with Crippen molar-refractivity contribution in [2.24, 2.45) is 0 Å². The number of nitro groups is 1.